The molecule has 0 unspecified atom stereocenters. The summed E-state index contributed by atoms with van der Waals surface area (Å²) in [5.74, 6) is -4.71. The molecule has 0 saturated carbocycles. The van der Waals surface area contributed by atoms with E-state index in [0.29, 0.717) is 12.2 Å². The molecule has 0 radical (unpaired) electrons. The molecule has 0 aliphatic rings. The fourth-order valence-corrected chi connectivity index (χ4v) is 0.546. The van der Waals surface area contributed by atoms with Crippen molar-refractivity contribution in [3.63, 3.8) is 0 Å². The molecule has 2 N–H and O–H groups in total. The molecule has 0 heterocycles. The quantitative estimate of drug-likeness (QED) is 0.363. The number of carbonyl (C=O) groups excluding carboxylic acids is 2. The van der Waals surface area contributed by atoms with E-state index in [9.17, 15) is 19.2 Å². The van der Waals surface area contributed by atoms with Crippen LogP contribution in [0.3, 0.4) is 0 Å². The lowest BCUT2D eigenvalue weighted by Crippen LogP contribution is -2.11. The van der Waals surface area contributed by atoms with E-state index in [1.807, 2.05) is 0 Å². The van der Waals surface area contributed by atoms with Gasteiger partial charge in [-0.3, -0.25) is 9.59 Å². The number of hydrogen-bond acceptors (Lipinski definition) is 5. The SMILES string of the molecule is O=C(O)/C=C\C(=O)OC(=O)CCC(=O)O. The van der Waals surface area contributed by atoms with Gasteiger partial charge in [0, 0.05) is 12.2 Å². The zero-order valence-electron chi connectivity index (χ0n) is 7.50. The van der Waals surface area contributed by atoms with Gasteiger partial charge >= 0.3 is 23.9 Å². The molecule has 0 aliphatic carbocycles. The fraction of sp³-hybridized carbons (Fsp3) is 0.250. The molecule has 0 aliphatic heterocycles. The van der Waals surface area contributed by atoms with Gasteiger partial charge in [-0.25, -0.2) is 9.59 Å². The first-order valence-electron chi connectivity index (χ1n) is 3.79. The fourth-order valence-electron chi connectivity index (χ4n) is 0.546. The zero-order valence-corrected chi connectivity index (χ0v) is 7.50. The number of carboxylic acids is 2. The van der Waals surface area contributed by atoms with Crippen molar-refractivity contribution in [3.05, 3.63) is 12.2 Å². The van der Waals surface area contributed by atoms with Crippen molar-refractivity contribution in [2.24, 2.45) is 0 Å². The van der Waals surface area contributed by atoms with Crippen LogP contribution in [0.4, 0.5) is 0 Å². The smallest absolute Gasteiger partial charge is 0.338 e. The van der Waals surface area contributed by atoms with E-state index in [2.05, 4.69) is 4.74 Å². The first-order valence-corrected chi connectivity index (χ1v) is 3.79. The highest BCUT2D eigenvalue weighted by molar-refractivity contribution is 5.96. The summed E-state index contributed by atoms with van der Waals surface area (Å²) in [5, 5.41) is 16.3. The number of ether oxygens (including phenoxy) is 1. The summed E-state index contributed by atoms with van der Waals surface area (Å²) < 4.78 is 4.06. The predicted octanol–water partition coefficient (Wildman–Crippen LogP) is -0.438. The lowest BCUT2D eigenvalue weighted by molar-refractivity contribution is -0.158. The molecule has 0 bridgehead atoms. The third-order valence-corrected chi connectivity index (χ3v) is 1.12. The third-order valence-electron chi connectivity index (χ3n) is 1.12. The molecule has 0 saturated heterocycles. The van der Waals surface area contributed by atoms with Crippen LogP contribution in [0.25, 0.3) is 0 Å². The maximum Gasteiger partial charge on any atom is 0.338 e. The van der Waals surface area contributed by atoms with Crippen LogP contribution in [-0.2, 0) is 23.9 Å². The molecule has 0 spiro atoms. The second-order valence-corrected chi connectivity index (χ2v) is 2.36. The molecule has 7 heteroatoms. The molecule has 0 aromatic carbocycles. The number of carbonyl (C=O) groups is 4. The minimum absolute atomic E-state index is 0.442. The molecule has 0 atom stereocenters. The Balaban J connectivity index is 3.92. The van der Waals surface area contributed by atoms with Crippen molar-refractivity contribution in [2.75, 3.05) is 0 Å². The Hall–Kier alpha value is -2.18. The Bertz CT molecular complexity index is 315. The molecular weight excluding hydrogens is 208 g/mol. The second-order valence-electron chi connectivity index (χ2n) is 2.36. The molecule has 0 aromatic heterocycles. The van der Waals surface area contributed by atoms with E-state index < -0.39 is 36.7 Å². The Kier molecular flexibility index (Phi) is 5.38. The summed E-state index contributed by atoms with van der Waals surface area (Å²) in [7, 11) is 0. The van der Waals surface area contributed by atoms with Crippen LogP contribution < -0.4 is 0 Å². The Morgan fingerprint density at radius 3 is 2.07 bits per heavy atom. The van der Waals surface area contributed by atoms with Gasteiger partial charge in [-0.05, 0) is 0 Å². The second kappa shape index (κ2) is 6.30. The molecule has 0 rings (SSSR count). The first-order chi connectivity index (χ1) is 6.91. The lowest BCUT2D eigenvalue weighted by Gasteiger charge is -1.96. The van der Waals surface area contributed by atoms with Gasteiger partial charge in [0.15, 0.2) is 0 Å². The maximum atomic E-state index is 10.7. The van der Waals surface area contributed by atoms with Crippen molar-refractivity contribution in [1.29, 1.82) is 0 Å². The average Bonchev–Trinajstić information content (AvgIpc) is 2.11. The van der Waals surface area contributed by atoms with E-state index in [1.54, 1.807) is 0 Å². The van der Waals surface area contributed by atoms with E-state index in [0.717, 1.165) is 0 Å². The third kappa shape index (κ3) is 8.16. The van der Waals surface area contributed by atoms with Crippen molar-refractivity contribution >= 4 is 23.9 Å². The summed E-state index contributed by atoms with van der Waals surface area (Å²) in [6.07, 6.45) is 0.171. The van der Waals surface area contributed by atoms with Gasteiger partial charge in [0.25, 0.3) is 0 Å². The Labute approximate surface area is 84.0 Å². The highest BCUT2D eigenvalue weighted by Crippen LogP contribution is 1.94. The van der Waals surface area contributed by atoms with Crippen LogP contribution in [0.5, 0.6) is 0 Å². The standard InChI is InChI=1S/C8H8O7/c9-5(10)1-3-7(13)15-8(14)4-2-6(11)12/h1,3H,2,4H2,(H,9,10)(H,11,12)/b3-1-. The van der Waals surface area contributed by atoms with E-state index in [4.69, 9.17) is 10.2 Å². The van der Waals surface area contributed by atoms with Crippen LogP contribution >= 0.6 is 0 Å². The van der Waals surface area contributed by atoms with Gasteiger partial charge in [0.1, 0.15) is 0 Å². The van der Waals surface area contributed by atoms with Gasteiger partial charge in [-0.1, -0.05) is 0 Å². The lowest BCUT2D eigenvalue weighted by atomic mass is 10.3. The van der Waals surface area contributed by atoms with E-state index in [-0.39, 0.29) is 0 Å². The van der Waals surface area contributed by atoms with E-state index in [1.165, 1.54) is 0 Å². The number of aliphatic carboxylic acids is 2. The van der Waals surface area contributed by atoms with E-state index >= 15 is 0 Å². The average molecular weight is 216 g/mol. The van der Waals surface area contributed by atoms with Gasteiger partial charge in [-0.15, -0.1) is 0 Å². The predicted molar refractivity (Wildman–Crippen MR) is 44.7 cm³/mol. The number of esters is 2. The topological polar surface area (TPSA) is 118 Å². The first kappa shape index (κ1) is 12.8. The van der Waals surface area contributed by atoms with Crippen LogP contribution in [0, 0.1) is 0 Å². The maximum absolute atomic E-state index is 10.7. The minimum Gasteiger partial charge on any atom is -0.481 e. The molecule has 0 fully saturated rings. The number of rotatable bonds is 5. The highest BCUT2D eigenvalue weighted by Gasteiger charge is 2.09. The molecule has 82 valence electrons. The monoisotopic (exact) mass is 216 g/mol. The Morgan fingerprint density at radius 2 is 1.60 bits per heavy atom. The minimum atomic E-state index is -1.36. The van der Waals surface area contributed by atoms with Gasteiger partial charge < -0.3 is 14.9 Å². The van der Waals surface area contributed by atoms with Crippen LogP contribution in [0.2, 0.25) is 0 Å². The molecule has 0 aromatic rings. The van der Waals surface area contributed by atoms with Crippen molar-refractivity contribution in [2.45, 2.75) is 12.8 Å². The van der Waals surface area contributed by atoms with Crippen LogP contribution in [0.1, 0.15) is 12.8 Å². The molecule has 7 nitrogen and oxygen atoms in total. The van der Waals surface area contributed by atoms with Gasteiger partial charge in [0.2, 0.25) is 0 Å². The highest BCUT2D eigenvalue weighted by atomic mass is 16.6. The largest absolute Gasteiger partial charge is 0.481 e. The zero-order chi connectivity index (χ0) is 11.8. The summed E-state index contributed by atoms with van der Waals surface area (Å²) in [6, 6.07) is 0. The van der Waals surface area contributed by atoms with Crippen molar-refractivity contribution < 1.29 is 34.1 Å². The summed E-state index contributed by atoms with van der Waals surface area (Å²) in [4.78, 5) is 41.3. The summed E-state index contributed by atoms with van der Waals surface area (Å²) in [5.41, 5.74) is 0. The molecule has 15 heavy (non-hydrogen) atoms. The summed E-state index contributed by atoms with van der Waals surface area (Å²) in [6.45, 7) is 0. The molecule has 0 amide bonds. The summed E-state index contributed by atoms with van der Waals surface area (Å²) >= 11 is 0. The number of carboxylic acid groups (broad SMARTS) is 2. The Morgan fingerprint density at radius 1 is 1.00 bits per heavy atom. The van der Waals surface area contributed by atoms with Crippen molar-refractivity contribution in [1.82, 2.24) is 0 Å². The van der Waals surface area contributed by atoms with Crippen molar-refractivity contribution in [3.8, 4) is 0 Å². The van der Waals surface area contributed by atoms with Crippen LogP contribution in [0.15, 0.2) is 12.2 Å². The van der Waals surface area contributed by atoms with Gasteiger partial charge in [0.05, 0.1) is 12.8 Å². The number of hydrogen-bond donors (Lipinski definition) is 2. The molecular formula is C8H8O7. The van der Waals surface area contributed by atoms with Gasteiger partial charge in [-0.2, -0.15) is 0 Å². The van der Waals surface area contributed by atoms with Crippen LogP contribution in [-0.4, -0.2) is 34.1 Å². The normalized spacial score (nSPS) is 9.87.